The minimum absolute atomic E-state index is 0.223. The van der Waals surface area contributed by atoms with Crippen LogP contribution < -0.4 is 0 Å². The Hall–Kier alpha value is -7.62. The molecule has 0 atom stereocenters. The quantitative estimate of drug-likeness (QED) is 0.181. The van der Waals surface area contributed by atoms with Crippen LogP contribution in [0.4, 0.5) is 0 Å². The molecule has 0 aliphatic heterocycles. The number of benzene rings is 7. The lowest BCUT2D eigenvalue weighted by Crippen LogP contribution is -2.01. The first-order valence-electron chi connectivity index (χ1n) is 17.6. The van der Waals surface area contributed by atoms with Crippen LogP contribution in [0, 0.1) is 47.4 Å². The van der Waals surface area contributed by atoms with Gasteiger partial charge in [-0.15, -0.1) is 0 Å². The average Bonchev–Trinajstić information content (AvgIpc) is 3.21. The largest absolute Gasteiger partial charge is 0.508 e. The molecule has 2 heteroatoms. The lowest BCUT2D eigenvalue weighted by atomic mass is 9.90. The molecule has 0 aliphatic rings. The molecule has 7 aromatic rings. The van der Waals surface area contributed by atoms with E-state index in [1.165, 1.54) is 0 Å². The van der Waals surface area contributed by atoms with Gasteiger partial charge in [0.25, 0.3) is 0 Å². The first-order chi connectivity index (χ1) is 26.5. The molecule has 254 valence electrons. The Labute approximate surface area is 317 Å². The van der Waals surface area contributed by atoms with Crippen LogP contribution in [0.3, 0.4) is 0 Å². The van der Waals surface area contributed by atoms with Crippen molar-refractivity contribution in [3.8, 4) is 58.9 Å². The predicted octanol–water partition coefficient (Wildman–Crippen LogP) is 9.88. The molecule has 0 bridgehead atoms. The van der Waals surface area contributed by atoms with Crippen molar-refractivity contribution >= 4 is 0 Å². The van der Waals surface area contributed by atoms with Gasteiger partial charge in [0.1, 0.15) is 11.5 Å². The third kappa shape index (κ3) is 9.79. The number of hydrogen-bond acceptors (Lipinski definition) is 2. The molecule has 0 unspecified atom stereocenters. The van der Waals surface area contributed by atoms with Crippen molar-refractivity contribution in [3.63, 3.8) is 0 Å². The van der Waals surface area contributed by atoms with Gasteiger partial charge in [-0.1, -0.05) is 108 Å². The van der Waals surface area contributed by atoms with Crippen LogP contribution in [0.15, 0.2) is 170 Å². The van der Waals surface area contributed by atoms with Gasteiger partial charge in [0, 0.05) is 44.5 Å². The maximum atomic E-state index is 9.97. The molecule has 0 fully saturated rings. The molecule has 54 heavy (non-hydrogen) atoms. The van der Waals surface area contributed by atoms with Gasteiger partial charge < -0.3 is 10.2 Å². The van der Waals surface area contributed by atoms with Crippen molar-refractivity contribution in [1.82, 2.24) is 0 Å². The minimum Gasteiger partial charge on any atom is -0.508 e. The summed E-state index contributed by atoms with van der Waals surface area (Å²) in [6.07, 6.45) is 1.20. The Kier molecular flexibility index (Phi) is 11.0. The minimum atomic E-state index is 0.223. The van der Waals surface area contributed by atoms with E-state index in [0.29, 0.717) is 12.8 Å². The third-order valence-electron chi connectivity index (χ3n) is 8.67. The highest BCUT2D eigenvalue weighted by atomic mass is 16.3. The summed E-state index contributed by atoms with van der Waals surface area (Å²) in [4.78, 5) is 0. The Morgan fingerprint density at radius 2 is 0.593 bits per heavy atom. The SMILES string of the molecule is Oc1ccc(Cc2cc(C#Cc3ccc(C#Cc4ccccc4)cc3)cc(Cc3ccc(O)cc3)c2C#Cc2ccc(C#Cc3ccccc3)cc2)cc1. The van der Waals surface area contributed by atoms with Crippen molar-refractivity contribution in [2.45, 2.75) is 12.8 Å². The monoisotopic (exact) mass is 690 g/mol. The number of phenolic OH excluding ortho intramolecular Hbond substituents is 2. The van der Waals surface area contributed by atoms with Crippen molar-refractivity contribution in [2.24, 2.45) is 0 Å². The van der Waals surface area contributed by atoms with E-state index in [1.54, 1.807) is 24.3 Å². The van der Waals surface area contributed by atoms with Crippen molar-refractivity contribution in [1.29, 1.82) is 0 Å². The van der Waals surface area contributed by atoms with Crippen molar-refractivity contribution in [3.05, 3.63) is 237 Å². The van der Waals surface area contributed by atoms with Gasteiger partial charge in [0.05, 0.1) is 0 Å². The normalized spacial score (nSPS) is 9.93. The van der Waals surface area contributed by atoms with Gasteiger partial charge in [-0.25, -0.2) is 0 Å². The molecule has 2 N–H and O–H groups in total. The van der Waals surface area contributed by atoms with Gasteiger partial charge in [-0.2, -0.15) is 0 Å². The summed E-state index contributed by atoms with van der Waals surface area (Å²) in [6.45, 7) is 0. The summed E-state index contributed by atoms with van der Waals surface area (Å²) in [7, 11) is 0. The first kappa shape index (κ1) is 34.8. The number of rotatable bonds is 4. The Bertz CT molecular complexity index is 2560. The summed E-state index contributed by atoms with van der Waals surface area (Å²) >= 11 is 0. The second-order valence-corrected chi connectivity index (χ2v) is 12.7. The second kappa shape index (κ2) is 17.1. The predicted molar refractivity (Wildman–Crippen MR) is 218 cm³/mol. The summed E-state index contributed by atoms with van der Waals surface area (Å²) in [5, 5.41) is 19.9. The summed E-state index contributed by atoms with van der Waals surface area (Å²) < 4.78 is 0. The zero-order valence-corrected chi connectivity index (χ0v) is 29.5. The van der Waals surface area contributed by atoms with E-state index >= 15 is 0 Å². The molecular weight excluding hydrogens is 657 g/mol. The van der Waals surface area contributed by atoms with Crippen LogP contribution in [0.5, 0.6) is 11.5 Å². The summed E-state index contributed by atoms with van der Waals surface area (Å²) in [6, 6.07) is 54.6. The summed E-state index contributed by atoms with van der Waals surface area (Å²) in [5.74, 6) is 27.0. The Morgan fingerprint density at radius 3 is 0.944 bits per heavy atom. The standard InChI is InChI=1S/C52H34O2/c53-50-30-25-45(26-31-50)35-48-37-47(24-23-43-17-15-41(16-18-43)13-11-39-7-3-1-4-8-39)38-49(36-46-27-32-51(54)33-28-46)52(48)34-29-44-21-19-42(20-22-44)14-12-40-9-5-2-6-10-40/h1-10,15-22,25-28,30-33,37-38,53-54H,35-36H2. The molecule has 0 spiro atoms. The fraction of sp³-hybridized carbons (Fsp3) is 0.0385. The maximum absolute atomic E-state index is 9.97. The molecule has 0 amide bonds. The smallest absolute Gasteiger partial charge is 0.115 e. The molecule has 7 aromatic carbocycles. The Morgan fingerprint density at radius 1 is 0.296 bits per heavy atom. The van der Waals surface area contributed by atoms with Crippen LogP contribution in [0.2, 0.25) is 0 Å². The molecular formula is C52H34O2. The van der Waals surface area contributed by atoms with Crippen LogP contribution in [-0.2, 0) is 12.8 Å². The fourth-order valence-corrected chi connectivity index (χ4v) is 5.83. The van der Waals surface area contributed by atoms with Crippen molar-refractivity contribution < 1.29 is 10.2 Å². The molecule has 2 nitrogen and oxygen atoms in total. The van der Waals surface area contributed by atoms with E-state index in [-0.39, 0.29) is 11.5 Å². The van der Waals surface area contributed by atoms with Crippen LogP contribution in [0.25, 0.3) is 0 Å². The second-order valence-electron chi connectivity index (χ2n) is 12.7. The average molecular weight is 691 g/mol. The summed E-state index contributed by atoms with van der Waals surface area (Å²) in [5.41, 5.74) is 11.5. The van der Waals surface area contributed by atoms with Crippen LogP contribution in [0.1, 0.15) is 66.8 Å². The molecule has 0 aromatic heterocycles. The van der Waals surface area contributed by atoms with E-state index < -0.39 is 0 Å². The topological polar surface area (TPSA) is 40.5 Å². The van der Waals surface area contributed by atoms with E-state index in [4.69, 9.17) is 0 Å². The fourth-order valence-electron chi connectivity index (χ4n) is 5.83. The highest BCUT2D eigenvalue weighted by Crippen LogP contribution is 2.25. The van der Waals surface area contributed by atoms with Crippen molar-refractivity contribution in [2.75, 3.05) is 0 Å². The molecule has 0 aliphatic carbocycles. The van der Waals surface area contributed by atoms with Crippen LogP contribution >= 0.6 is 0 Å². The first-order valence-corrected chi connectivity index (χ1v) is 17.6. The van der Waals surface area contributed by atoms with E-state index in [0.717, 1.165) is 66.8 Å². The van der Waals surface area contributed by atoms with Gasteiger partial charge in [-0.3, -0.25) is 0 Å². The molecule has 0 radical (unpaired) electrons. The van der Waals surface area contributed by atoms with E-state index in [2.05, 4.69) is 59.5 Å². The lowest BCUT2D eigenvalue weighted by molar-refractivity contribution is 0.474. The third-order valence-corrected chi connectivity index (χ3v) is 8.67. The van der Waals surface area contributed by atoms with Gasteiger partial charge in [0.2, 0.25) is 0 Å². The van der Waals surface area contributed by atoms with Gasteiger partial charge in [0.15, 0.2) is 0 Å². The zero-order valence-electron chi connectivity index (χ0n) is 29.5. The number of hydrogen-bond donors (Lipinski definition) is 2. The Balaban J connectivity index is 1.24. The van der Waals surface area contributed by atoms with E-state index in [1.807, 2.05) is 133 Å². The highest BCUT2D eigenvalue weighted by Gasteiger charge is 2.12. The molecule has 0 saturated carbocycles. The molecule has 0 heterocycles. The molecule has 0 saturated heterocycles. The van der Waals surface area contributed by atoms with Crippen LogP contribution in [-0.4, -0.2) is 10.2 Å². The zero-order chi connectivity index (χ0) is 37.0. The van der Waals surface area contributed by atoms with Gasteiger partial charge >= 0.3 is 0 Å². The maximum Gasteiger partial charge on any atom is 0.115 e. The highest BCUT2D eigenvalue weighted by molar-refractivity contribution is 5.59. The lowest BCUT2D eigenvalue weighted by Gasteiger charge is -2.13. The number of aromatic hydroxyl groups is 2. The van der Waals surface area contributed by atoms with E-state index in [9.17, 15) is 10.2 Å². The number of phenols is 2. The molecule has 7 rings (SSSR count). The van der Waals surface area contributed by atoms with Gasteiger partial charge in [-0.05, 0) is 144 Å².